The van der Waals surface area contributed by atoms with Gasteiger partial charge in [0, 0.05) is 24.9 Å². The van der Waals surface area contributed by atoms with Crippen LogP contribution in [0, 0.1) is 5.92 Å². The highest BCUT2D eigenvalue weighted by Crippen LogP contribution is 2.30. The smallest absolute Gasteiger partial charge is 0.280 e. The molecule has 1 aliphatic carbocycles. The van der Waals surface area contributed by atoms with Crippen LogP contribution in [0.4, 0.5) is 5.82 Å². The second-order valence-corrected chi connectivity index (χ2v) is 8.38. The SMILES string of the molecule is O=C(N[C@H]1CCCOC1)c1ncc(-c2cn3cc(NC(=O)C4CC4)nc3cn2)s1. The molecule has 1 aliphatic heterocycles. The van der Waals surface area contributed by atoms with E-state index in [1.165, 1.54) is 11.3 Å². The number of thiazole rings is 1. The number of hydrogen-bond acceptors (Lipinski definition) is 7. The molecule has 2 N–H and O–H groups in total. The van der Waals surface area contributed by atoms with Crippen molar-refractivity contribution >= 4 is 34.6 Å². The number of rotatable bonds is 5. The Kier molecular flexibility index (Phi) is 4.72. The fourth-order valence-corrected chi connectivity index (χ4v) is 4.04. The van der Waals surface area contributed by atoms with Crippen molar-refractivity contribution in [2.45, 2.75) is 31.7 Å². The summed E-state index contributed by atoms with van der Waals surface area (Å²) in [6, 6.07) is 0.0355. The van der Waals surface area contributed by atoms with Crippen LogP contribution in [0.15, 0.2) is 24.8 Å². The zero-order chi connectivity index (χ0) is 19.8. The summed E-state index contributed by atoms with van der Waals surface area (Å²) in [5, 5.41) is 6.21. The highest BCUT2D eigenvalue weighted by molar-refractivity contribution is 7.16. The first kappa shape index (κ1) is 18.2. The highest BCUT2D eigenvalue weighted by Gasteiger charge is 2.30. The summed E-state index contributed by atoms with van der Waals surface area (Å²) in [6.45, 7) is 1.30. The van der Waals surface area contributed by atoms with E-state index in [0.717, 1.165) is 37.2 Å². The van der Waals surface area contributed by atoms with Gasteiger partial charge in [0.25, 0.3) is 5.91 Å². The molecule has 0 spiro atoms. The zero-order valence-corrected chi connectivity index (χ0v) is 16.4. The molecule has 29 heavy (non-hydrogen) atoms. The predicted octanol–water partition coefficient (Wildman–Crippen LogP) is 2.11. The van der Waals surface area contributed by atoms with Gasteiger partial charge in [-0.2, -0.15) is 0 Å². The maximum atomic E-state index is 12.4. The Balaban J connectivity index is 1.31. The van der Waals surface area contributed by atoms with Crippen LogP contribution in [0.25, 0.3) is 16.2 Å². The third-order valence-electron chi connectivity index (χ3n) is 4.99. The molecular weight excluding hydrogens is 392 g/mol. The number of carbonyl (C=O) groups is 2. The van der Waals surface area contributed by atoms with Crippen molar-refractivity contribution < 1.29 is 14.3 Å². The lowest BCUT2D eigenvalue weighted by molar-refractivity contribution is -0.117. The van der Waals surface area contributed by atoms with Crippen molar-refractivity contribution in [1.82, 2.24) is 24.7 Å². The first-order valence-electron chi connectivity index (χ1n) is 9.66. The topological polar surface area (TPSA) is 111 Å². The van der Waals surface area contributed by atoms with E-state index in [9.17, 15) is 9.59 Å². The Morgan fingerprint density at radius 2 is 2.07 bits per heavy atom. The van der Waals surface area contributed by atoms with Crippen LogP contribution in [0.2, 0.25) is 0 Å². The van der Waals surface area contributed by atoms with Crippen molar-refractivity contribution in [3.8, 4) is 10.6 Å². The van der Waals surface area contributed by atoms with Gasteiger partial charge >= 0.3 is 0 Å². The molecule has 2 amide bonds. The summed E-state index contributed by atoms with van der Waals surface area (Å²) in [4.78, 5) is 38.2. The van der Waals surface area contributed by atoms with Crippen LogP contribution in [0.5, 0.6) is 0 Å². The molecule has 3 aromatic rings. The number of nitrogens with zero attached hydrogens (tertiary/aromatic N) is 4. The van der Waals surface area contributed by atoms with Gasteiger partial charge in [0.05, 0.1) is 35.6 Å². The highest BCUT2D eigenvalue weighted by atomic mass is 32.1. The number of fused-ring (bicyclic) bond motifs is 1. The Bertz CT molecular complexity index is 1070. The Hall–Kier alpha value is -2.85. The van der Waals surface area contributed by atoms with Gasteiger partial charge in [-0.3, -0.25) is 9.59 Å². The Morgan fingerprint density at radius 3 is 2.86 bits per heavy atom. The summed E-state index contributed by atoms with van der Waals surface area (Å²) in [5.74, 6) is 0.462. The molecule has 5 rings (SSSR count). The molecule has 9 nitrogen and oxygen atoms in total. The maximum Gasteiger partial charge on any atom is 0.280 e. The number of ether oxygens (including phenoxy) is 1. The van der Waals surface area contributed by atoms with Crippen molar-refractivity contribution in [2.75, 3.05) is 18.5 Å². The van der Waals surface area contributed by atoms with E-state index in [1.54, 1.807) is 18.6 Å². The lowest BCUT2D eigenvalue weighted by Crippen LogP contribution is -2.40. The number of anilines is 1. The molecule has 3 aromatic heterocycles. The number of nitrogens with one attached hydrogen (secondary N) is 2. The third kappa shape index (κ3) is 3.99. The standard InChI is InChI=1S/C19H20N6O3S/c26-17(11-3-4-11)24-15-9-25-8-13(20-7-16(25)23-15)14-6-21-19(29-14)18(27)22-12-2-1-5-28-10-12/h6-9,11-12H,1-5,10H2,(H,22,27)(H,24,26)/t12-/m0/s1. The maximum absolute atomic E-state index is 12.4. The van der Waals surface area contributed by atoms with Gasteiger partial charge in [-0.1, -0.05) is 0 Å². The largest absolute Gasteiger partial charge is 0.379 e. The number of imidazole rings is 1. The van der Waals surface area contributed by atoms with Gasteiger partial charge in [0.15, 0.2) is 16.5 Å². The molecule has 1 saturated heterocycles. The van der Waals surface area contributed by atoms with Crippen LogP contribution in [0.1, 0.15) is 35.5 Å². The molecule has 0 bridgehead atoms. The minimum absolute atomic E-state index is 0.0167. The van der Waals surface area contributed by atoms with Gasteiger partial charge in [-0.15, -0.1) is 11.3 Å². The first-order valence-corrected chi connectivity index (χ1v) is 10.5. The number of hydrogen-bond donors (Lipinski definition) is 2. The van der Waals surface area contributed by atoms with Crippen LogP contribution in [-0.2, 0) is 9.53 Å². The van der Waals surface area contributed by atoms with Crippen molar-refractivity contribution in [3.63, 3.8) is 0 Å². The predicted molar refractivity (Wildman–Crippen MR) is 107 cm³/mol. The number of aromatic nitrogens is 4. The lowest BCUT2D eigenvalue weighted by Gasteiger charge is -2.22. The summed E-state index contributed by atoms with van der Waals surface area (Å²) < 4.78 is 7.21. The quantitative estimate of drug-likeness (QED) is 0.664. The lowest BCUT2D eigenvalue weighted by atomic mass is 10.1. The first-order chi connectivity index (χ1) is 14.2. The summed E-state index contributed by atoms with van der Waals surface area (Å²) in [5.41, 5.74) is 1.33. The molecule has 2 aliphatic rings. The van der Waals surface area contributed by atoms with E-state index >= 15 is 0 Å². The Morgan fingerprint density at radius 1 is 1.17 bits per heavy atom. The molecule has 0 unspecified atom stereocenters. The van der Waals surface area contributed by atoms with E-state index < -0.39 is 0 Å². The average Bonchev–Trinajstić information content (AvgIpc) is 3.32. The molecule has 1 saturated carbocycles. The summed E-state index contributed by atoms with van der Waals surface area (Å²) in [7, 11) is 0. The second-order valence-electron chi connectivity index (χ2n) is 7.34. The Labute approximate surface area is 170 Å². The van der Waals surface area contributed by atoms with Gasteiger partial charge < -0.3 is 19.8 Å². The van der Waals surface area contributed by atoms with Crippen molar-refractivity contribution in [3.05, 3.63) is 29.8 Å². The third-order valence-corrected chi connectivity index (χ3v) is 6.01. The summed E-state index contributed by atoms with van der Waals surface area (Å²) in [6.07, 6.45) is 10.6. The van der Waals surface area contributed by atoms with E-state index in [-0.39, 0.29) is 23.8 Å². The van der Waals surface area contributed by atoms with Crippen LogP contribution >= 0.6 is 11.3 Å². The minimum Gasteiger partial charge on any atom is -0.379 e. The number of amides is 2. The molecule has 150 valence electrons. The monoisotopic (exact) mass is 412 g/mol. The van der Waals surface area contributed by atoms with E-state index in [0.29, 0.717) is 28.8 Å². The van der Waals surface area contributed by atoms with Crippen molar-refractivity contribution in [2.24, 2.45) is 5.92 Å². The van der Waals surface area contributed by atoms with Gasteiger partial charge in [-0.25, -0.2) is 15.0 Å². The van der Waals surface area contributed by atoms with Crippen molar-refractivity contribution in [1.29, 1.82) is 0 Å². The fourth-order valence-electron chi connectivity index (χ4n) is 3.26. The minimum atomic E-state index is -0.189. The summed E-state index contributed by atoms with van der Waals surface area (Å²) >= 11 is 1.29. The zero-order valence-electron chi connectivity index (χ0n) is 15.6. The average molecular weight is 412 g/mol. The molecule has 0 radical (unpaired) electrons. The number of carbonyl (C=O) groups excluding carboxylic acids is 2. The van der Waals surface area contributed by atoms with Crippen LogP contribution in [-0.4, -0.2) is 50.4 Å². The second kappa shape index (κ2) is 7.53. The van der Waals surface area contributed by atoms with E-state index in [2.05, 4.69) is 25.6 Å². The molecule has 2 fully saturated rings. The van der Waals surface area contributed by atoms with Gasteiger partial charge in [-0.05, 0) is 25.7 Å². The van der Waals surface area contributed by atoms with E-state index in [4.69, 9.17) is 4.74 Å². The molecule has 1 atom stereocenters. The van der Waals surface area contributed by atoms with Crippen LogP contribution < -0.4 is 10.6 Å². The molecular formula is C19H20N6O3S. The van der Waals surface area contributed by atoms with E-state index in [1.807, 2.05) is 10.6 Å². The normalized spacial score (nSPS) is 19.2. The van der Waals surface area contributed by atoms with Crippen LogP contribution in [0.3, 0.4) is 0 Å². The fraction of sp³-hybridized carbons (Fsp3) is 0.421. The van der Waals surface area contributed by atoms with Gasteiger partial charge in [0.1, 0.15) is 0 Å². The molecule has 4 heterocycles. The van der Waals surface area contributed by atoms with Gasteiger partial charge in [0.2, 0.25) is 5.91 Å². The molecule has 10 heteroatoms. The molecule has 0 aromatic carbocycles.